The first-order valence-electron chi connectivity index (χ1n) is 4.63. The summed E-state index contributed by atoms with van der Waals surface area (Å²) in [6, 6.07) is 3.88. The molecule has 0 aromatic carbocycles. The Balaban J connectivity index is 2.69. The van der Waals surface area contributed by atoms with Crippen molar-refractivity contribution < 1.29 is 5.11 Å². The SMILES string of the molecule is CC(C)C(C)(O)Cc1ccncc1. The molecular weight excluding hydrogens is 162 g/mol. The van der Waals surface area contributed by atoms with E-state index in [0.717, 1.165) is 5.56 Å². The van der Waals surface area contributed by atoms with Crippen LogP contribution in [-0.4, -0.2) is 15.7 Å². The van der Waals surface area contributed by atoms with Crippen LogP contribution in [0.25, 0.3) is 0 Å². The zero-order valence-corrected chi connectivity index (χ0v) is 8.49. The molecular formula is C11H17NO. The normalized spacial score (nSPS) is 15.8. The summed E-state index contributed by atoms with van der Waals surface area (Å²) in [6.45, 7) is 5.93. The van der Waals surface area contributed by atoms with Gasteiger partial charge in [-0.3, -0.25) is 4.98 Å². The predicted octanol–water partition coefficient (Wildman–Crippen LogP) is 2.03. The van der Waals surface area contributed by atoms with Gasteiger partial charge in [0.1, 0.15) is 0 Å². The third kappa shape index (κ3) is 2.81. The van der Waals surface area contributed by atoms with Gasteiger partial charge in [0.25, 0.3) is 0 Å². The topological polar surface area (TPSA) is 33.1 Å². The van der Waals surface area contributed by atoms with Crippen LogP contribution in [-0.2, 0) is 6.42 Å². The highest BCUT2D eigenvalue weighted by Gasteiger charge is 2.24. The Morgan fingerprint density at radius 2 is 1.92 bits per heavy atom. The van der Waals surface area contributed by atoms with Gasteiger partial charge < -0.3 is 5.11 Å². The van der Waals surface area contributed by atoms with E-state index in [0.29, 0.717) is 6.42 Å². The first-order valence-corrected chi connectivity index (χ1v) is 4.63. The maximum Gasteiger partial charge on any atom is 0.0682 e. The molecule has 13 heavy (non-hydrogen) atoms. The highest BCUT2D eigenvalue weighted by atomic mass is 16.3. The summed E-state index contributed by atoms with van der Waals surface area (Å²) in [5, 5.41) is 10.0. The lowest BCUT2D eigenvalue weighted by Gasteiger charge is -2.27. The summed E-state index contributed by atoms with van der Waals surface area (Å²) in [4.78, 5) is 3.94. The van der Waals surface area contributed by atoms with E-state index in [9.17, 15) is 5.11 Å². The predicted molar refractivity (Wildman–Crippen MR) is 53.4 cm³/mol. The Kier molecular flexibility index (Phi) is 3.04. The molecule has 0 amide bonds. The average molecular weight is 179 g/mol. The second-order valence-electron chi connectivity index (χ2n) is 4.04. The number of pyridine rings is 1. The molecule has 0 radical (unpaired) electrons. The molecule has 0 aliphatic carbocycles. The number of aromatic nitrogens is 1. The van der Waals surface area contributed by atoms with Gasteiger partial charge in [-0.15, -0.1) is 0 Å². The Morgan fingerprint density at radius 1 is 1.38 bits per heavy atom. The van der Waals surface area contributed by atoms with Crippen LogP contribution in [0.4, 0.5) is 0 Å². The van der Waals surface area contributed by atoms with Crippen molar-refractivity contribution in [2.75, 3.05) is 0 Å². The molecule has 0 saturated heterocycles. The minimum atomic E-state index is -0.624. The highest BCUT2D eigenvalue weighted by molar-refractivity contribution is 5.12. The van der Waals surface area contributed by atoms with Gasteiger partial charge in [0.05, 0.1) is 5.60 Å². The second kappa shape index (κ2) is 3.88. The Labute approximate surface area is 79.6 Å². The summed E-state index contributed by atoms with van der Waals surface area (Å²) in [7, 11) is 0. The van der Waals surface area contributed by atoms with E-state index < -0.39 is 5.60 Å². The van der Waals surface area contributed by atoms with Crippen LogP contribution >= 0.6 is 0 Å². The summed E-state index contributed by atoms with van der Waals surface area (Å²) in [6.07, 6.45) is 4.20. The smallest absolute Gasteiger partial charge is 0.0682 e. The van der Waals surface area contributed by atoms with Gasteiger partial charge in [-0.25, -0.2) is 0 Å². The molecule has 0 aliphatic heterocycles. The van der Waals surface area contributed by atoms with Crippen LogP contribution in [0.3, 0.4) is 0 Å². The summed E-state index contributed by atoms with van der Waals surface area (Å²) in [5.74, 6) is 0.265. The van der Waals surface area contributed by atoms with Crippen LogP contribution in [0.5, 0.6) is 0 Å². The third-order valence-corrected chi connectivity index (χ3v) is 2.56. The highest BCUT2D eigenvalue weighted by Crippen LogP contribution is 2.20. The summed E-state index contributed by atoms with van der Waals surface area (Å²) >= 11 is 0. The van der Waals surface area contributed by atoms with Crippen LogP contribution in [0.15, 0.2) is 24.5 Å². The molecule has 0 fully saturated rings. The van der Waals surface area contributed by atoms with E-state index in [-0.39, 0.29) is 5.92 Å². The molecule has 1 aromatic heterocycles. The van der Waals surface area contributed by atoms with E-state index in [4.69, 9.17) is 0 Å². The maximum atomic E-state index is 10.0. The minimum Gasteiger partial charge on any atom is -0.390 e. The van der Waals surface area contributed by atoms with E-state index in [2.05, 4.69) is 4.98 Å². The summed E-state index contributed by atoms with van der Waals surface area (Å²) < 4.78 is 0. The molecule has 1 N–H and O–H groups in total. The molecule has 1 atom stereocenters. The Bertz CT molecular complexity index is 254. The first-order chi connectivity index (χ1) is 6.02. The van der Waals surface area contributed by atoms with Crippen molar-refractivity contribution in [3.63, 3.8) is 0 Å². The molecule has 0 saturated carbocycles. The Morgan fingerprint density at radius 3 is 2.38 bits per heavy atom. The van der Waals surface area contributed by atoms with Crippen LogP contribution in [0.2, 0.25) is 0 Å². The van der Waals surface area contributed by atoms with E-state index in [1.807, 2.05) is 32.9 Å². The number of hydrogen-bond acceptors (Lipinski definition) is 2. The number of rotatable bonds is 3. The fourth-order valence-corrected chi connectivity index (χ4v) is 1.12. The van der Waals surface area contributed by atoms with Gasteiger partial charge in [-0.05, 0) is 30.5 Å². The zero-order valence-electron chi connectivity index (χ0n) is 8.49. The standard InChI is InChI=1S/C11H17NO/c1-9(2)11(3,13)8-10-4-6-12-7-5-10/h4-7,9,13H,8H2,1-3H3. The summed E-state index contributed by atoms with van der Waals surface area (Å²) in [5.41, 5.74) is 0.509. The van der Waals surface area contributed by atoms with Crippen molar-refractivity contribution in [2.24, 2.45) is 5.92 Å². The number of hydrogen-bond donors (Lipinski definition) is 1. The van der Waals surface area contributed by atoms with E-state index in [1.165, 1.54) is 0 Å². The van der Waals surface area contributed by atoms with Crippen molar-refractivity contribution in [3.05, 3.63) is 30.1 Å². The van der Waals surface area contributed by atoms with Crippen molar-refractivity contribution >= 4 is 0 Å². The van der Waals surface area contributed by atoms with Crippen LogP contribution in [0.1, 0.15) is 26.3 Å². The van der Waals surface area contributed by atoms with Gasteiger partial charge >= 0.3 is 0 Å². The molecule has 1 aromatic rings. The molecule has 1 rings (SSSR count). The van der Waals surface area contributed by atoms with Gasteiger partial charge in [0, 0.05) is 18.8 Å². The number of aliphatic hydroxyl groups is 1. The molecule has 1 unspecified atom stereocenters. The van der Waals surface area contributed by atoms with E-state index >= 15 is 0 Å². The molecule has 0 aliphatic rings. The lowest BCUT2D eigenvalue weighted by Crippen LogP contribution is -2.33. The monoisotopic (exact) mass is 179 g/mol. The fourth-order valence-electron chi connectivity index (χ4n) is 1.12. The minimum absolute atomic E-state index is 0.265. The van der Waals surface area contributed by atoms with Crippen LogP contribution < -0.4 is 0 Å². The lowest BCUT2D eigenvalue weighted by molar-refractivity contribution is 0.0139. The fraction of sp³-hybridized carbons (Fsp3) is 0.545. The largest absolute Gasteiger partial charge is 0.390 e. The second-order valence-corrected chi connectivity index (χ2v) is 4.04. The van der Waals surface area contributed by atoms with Gasteiger partial charge in [0.15, 0.2) is 0 Å². The van der Waals surface area contributed by atoms with Gasteiger partial charge in [-0.2, -0.15) is 0 Å². The van der Waals surface area contributed by atoms with Gasteiger partial charge in [-0.1, -0.05) is 13.8 Å². The molecule has 1 heterocycles. The van der Waals surface area contributed by atoms with Crippen molar-refractivity contribution in [1.29, 1.82) is 0 Å². The molecule has 0 bridgehead atoms. The molecule has 2 nitrogen and oxygen atoms in total. The molecule has 0 spiro atoms. The van der Waals surface area contributed by atoms with E-state index in [1.54, 1.807) is 12.4 Å². The molecule has 72 valence electrons. The average Bonchev–Trinajstić information content (AvgIpc) is 2.05. The molecule has 2 heteroatoms. The van der Waals surface area contributed by atoms with Crippen molar-refractivity contribution in [2.45, 2.75) is 32.8 Å². The Hall–Kier alpha value is -0.890. The zero-order chi connectivity index (χ0) is 9.90. The van der Waals surface area contributed by atoms with Gasteiger partial charge in [0.2, 0.25) is 0 Å². The van der Waals surface area contributed by atoms with Crippen LogP contribution in [0, 0.1) is 5.92 Å². The lowest BCUT2D eigenvalue weighted by atomic mass is 9.86. The number of nitrogens with zero attached hydrogens (tertiary/aromatic N) is 1. The van der Waals surface area contributed by atoms with Crippen molar-refractivity contribution in [1.82, 2.24) is 4.98 Å². The quantitative estimate of drug-likeness (QED) is 0.770. The third-order valence-electron chi connectivity index (χ3n) is 2.56. The first kappa shape index (κ1) is 10.2. The maximum absolute atomic E-state index is 10.0. The van der Waals surface area contributed by atoms with Crippen molar-refractivity contribution in [3.8, 4) is 0 Å².